The molecule has 4 heteroatoms. The lowest BCUT2D eigenvalue weighted by molar-refractivity contribution is -0.123. The van der Waals surface area contributed by atoms with Crippen molar-refractivity contribution in [2.24, 2.45) is 5.92 Å². The molecule has 0 saturated heterocycles. The van der Waals surface area contributed by atoms with Crippen LogP contribution in [0.3, 0.4) is 0 Å². The van der Waals surface area contributed by atoms with E-state index in [4.69, 9.17) is 0 Å². The largest absolute Gasteiger partial charge is 0.356 e. The van der Waals surface area contributed by atoms with Crippen molar-refractivity contribution < 1.29 is 9.00 Å². The molecule has 0 aliphatic carbocycles. The molecule has 0 bridgehead atoms. The Morgan fingerprint density at radius 3 is 2.50 bits per heavy atom. The van der Waals surface area contributed by atoms with Gasteiger partial charge in [0.25, 0.3) is 0 Å². The molecule has 0 aromatic rings. The van der Waals surface area contributed by atoms with Crippen LogP contribution in [0.15, 0.2) is 0 Å². The van der Waals surface area contributed by atoms with Gasteiger partial charge in [-0.2, -0.15) is 0 Å². The van der Waals surface area contributed by atoms with Crippen molar-refractivity contribution in [3.63, 3.8) is 0 Å². The number of amides is 1. The Kier molecular flexibility index (Phi) is 5.98. The summed E-state index contributed by atoms with van der Waals surface area (Å²) >= 11 is 0. The lowest BCUT2D eigenvalue weighted by atomic mass is 10.2. The van der Waals surface area contributed by atoms with Crippen molar-refractivity contribution >= 4 is 16.7 Å². The van der Waals surface area contributed by atoms with Crippen molar-refractivity contribution in [3.8, 4) is 0 Å². The molecule has 12 heavy (non-hydrogen) atoms. The van der Waals surface area contributed by atoms with Crippen molar-refractivity contribution in [2.45, 2.75) is 20.3 Å². The Morgan fingerprint density at radius 2 is 2.08 bits per heavy atom. The summed E-state index contributed by atoms with van der Waals surface area (Å²) in [7, 11) is -0.742. The summed E-state index contributed by atoms with van der Waals surface area (Å²) in [5, 5.41) is 2.76. The van der Waals surface area contributed by atoms with Crippen LogP contribution in [0.1, 0.15) is 20.3 Å². The molecular weight excluding hydrogens is 174 g/mol. The van der Waals surface area contributed by atoms with E-state index in [9.17, 15) is 9.00 Å². The van der Waals surface area contributed by atoms with Crippen molar-refractivity contribution in [1.82, 2.24) is 5.32 Å². The van der Waals surface area contributed by atoms with Crippen LogP contribution in [-0.4, -0.2) is 28.7 Å². The third-order valence-corrected chi connectivity index (χ3v) is 2.30. The van der Waals surface area contributed by atoms with Crippen LogP contribution in [0.5, 0.6) is 0 Å². The monoisotopic (exact) mass is 191 g/mol. The summed E-state index contributed by atoms with van der Waals surface area (Å²) in [6.45, 7) is 4.34. The maximum atomic E-state index is 11.0. The fraction of sp³-hybridized carbons (Fsp3) is 0.875. The van der Waals surface area contributed by atoms with Crippen LogP contribution in [0, 0.1) is 5.92 Å². The van der Waals surface area contributed by atoms with Gasteiger partial charge in [0, 0.05) is 35.3 Å². The quantitative estimate of drug-likeness (QED) is 0.644. The molecule has 0 heterocycles. The minimum atomic E-state index is -0.742. The van der Waals surface area contributed by atoms with E-state index < -0.39 is 10.8 Å². The zero-order valence-corrected chi connectivity index (χ0v) is 8.74. The highest BCUT2D eigenvalue weighted by Crippen LogP contribution is 1.90. The van der Waals surface area contributed by atoms with Crippen molar-refractivity contribution in [1.29, 1.82) is 0 Å². The van der Waals surface area contributed by atoms with Gasteiger partial charge in [-0.3, -0.25) is 9.00 Å². The predicted molar refractivity (Wildman–Crippen MR) is 51.4 cm³/mol. The van der Waals surface area contributed by atoms with E-state index >= 15 is 0 Å². The number of hydrogen-bond donors (Lipinski definition) is 1. The van der Waals surface area contributed by atoms with Crippen LogP contribution < -0.4 is 5.32 Å². The summed E-state index contributed by atoms with van der Waals surface area (Å²) in [5.74, 6) is 0.771. The predicted octanol–water partition coefficient (Wildman–Crippen LogP) is 0.527. The van der Waals surface area contributed by atoms with Gasteiger partial charge in [0.1, 0.15) is 0 Å². The normalized spacial score (nSPS) is 13.0. The summed E-state index contributed by atoms with van der Waals surface area (Å²) in [4.78, 5) is 11.0. The zero-order chi connectivity index (χ0) is 9.56. The maximum Gasteiger partial charge on any atom is 0.222 e. The molecule has 0 aliphatic rings. The first-order chi connectivity index (χ1) is 5.54. The lowest BCUT2D eigenvalue weighted by Gasteiger charge is -2.06. The second-order valence-corrected chi connectivity index (χ2v) is 4.63. The summed E-state index contributed by atoms with van der Waals surface area (Å²) in [6.07, 6.45) is 2.46. The molecule has 72 valence electrons. The molecule has 0 aliphatic heterocycles. The van der Waals surface area contributed by atoms with E-state index in [1.54, 1.807) is 6.26 Å². The molecule has 0 fully saturated rings. The number of carbonyl (C=O) groups is 1. The second kappa shape index (κ2) is 6.17. The minimum absolute atomic E-state index is 0.0390. The fourth-order valence-electron chi connectivity index (χ4n) is 0.691. The number of nitrogens with one attached hydrogen (secondary N) is 1. The SMILES string of the molecule is CC(C)C(=O)NCCCS(C)=O. The van der Waals surface area contributed by atoms with Crippen LogP contribution >= 0.6 is 0 Å². The average molecular weight is 191 g/mol. The molecule has 3 nitrogen and oxygen atoms in total. The molecular formula is C8H17NO2S. The molecule has 1 unspecified atom stereocenters. The van der Waals surface area contributed by atoms with E-state index in [0.29, 0.717) is 12.3 Å². The number of hydrogen-bond acceptors (Lipinski definition) is 2. The van der Waals surface area contributed by atoms with E-state index in [1.807, 2.05) is 13.8 Å². The Balaban J connectivity index is 3.32. The Bertz CT molecular complexity index is 168. The van der Waals surface area contributed by atoms with Crippen LogP contribution in [0.4, 0.5) is 0 Å². The van der Waals surface area contributed by atoms with E-state index in [2.05, 4.69) is 5.32 Å². The van der Waals surface area contributed by atoms with Gasteiger partial charge in [0.05, 0.1) is 0 Å². The molecule has 1 atom stereocenters. The van der Waals surface area contributed by atoms with Crippen molar-refractivity contribution in [2.75, 3.05) is 18.6 Å². The van der Waals surface area contributed by atoms with Crippen LogP contribution in [0.25, 0.3) is 0 Å². The zero-order valence-electron chi connectivity index (χ0n) is 7.92. The topological polar surface area (TPSA) is 46.2 Å². The summed E-state index contributed by atoms with van der Waals surface area (Å²) in [5.41, 5.74) is 0. The first kappa shape index (κ1) is 11.6. The number of carbonyl (C=O) groups excluding carboxylic acids is 1. The van der Waals surface area contributed by atoms with Gasteiger partial charge in [0.15, 0.2) is 0 Å². The lowest BCUT2D eigenvalue weighted by Crippen LogP contribution is -2.29. The van der Waals surface area contributed by atoms with Gasteiger partial charge < -0.3 is 5.32 Å². The van der Waals surface area contributed by atoms with Gasteiger partial charge in [0.2, 0.25) is 5.91 Å². The molecule has 0 spiro atoms. The molecule has 0 aromatic carbocycles. The standard InChI is InChI=1S/C8H17NO2S/c1-7(2)8(10)9-5-4-6-12(3)11/h7H,4-6H2,1-3H3,(H,9,10). The summed E-state index contributed by atoms with van der Waals surface area (Å²) in [6, 6.07) is 0. The minimum Gasteiger partial charge on any atom is -0.356 e. The smallest absolute Gasteiger partial charge is 0.222 e. The molecule has 0 radical (unpaired) electrons. The molecule has 0 saturated carbocycles. The van der Waals surface area contributed by atoms with Crippen molar-refractivity contribution in [3.05, 3.63) is 0 Å². The Hall–Kier alpha value is -0.380. The molecule has 1 amide bonds. The molecule has 1 N–H and O–H groups in total. The van der Waals surface area contributed by atoms with E-state index in [-0.39, 0.29) is 11.8 Å². The van der Waals surface area contributed by atoms with Gasteiger partial charge >= 0.3 is 0 Å². The highest BCUT2D eigenvalue weighted by atomic mass is 32.2. The highest BCUT2D eigenvalue weighted by molar-refractivity contribution is 7.84. The Labute approximate surface area is 76.4 Å². The van der Waals surface area contributed by atoms with Crippen LogP contribution in [-0.2, 0) is 15.6 Å². The second-order valence-electron chi connectivity index (χ2n) is 3.08. The van der Waals surface area contributed by atoms with Gasteiger partial charge in [-0.05, 0) is 6.42 Å². The highest BCUT2D eigenvalue weighted by Gasteiger charge is 2.04. The molecule has 0 rings (SSSR count). The first-order valence-corrected chi connectivity index (χ1v) is 5.84. The van der Waals surface area contributed by atoms with Gasteiger partial charge in [-0.15, -0.1) is 0 Å². The summed E-state index contributed by atoms with van der Waals surface area (Å²) < 4.78 is 10.6. The van der Waals surface area contributed by atoms with Gasteiger partial charge in [-0.1, -0.05) is 13.8 Å². The third-order valence-electron chi connectivity index (χ3n) is 1.43. The number of rotatable bonds is 5. The molecule has 0 aromatic heterocycles. The van der Waals surface area contributed by atoms with Gasteiger partial charge in [-0.25, -0.2) is 0 Å². The van der Waals surface area contributed by atoms with E-state index in [0.717, 1.165) is 6.42 Å². The fourth-order valence-corrected chi connectivity index (χ4v) is 1.24. The first-order valence-electron chi connectivity index (χ1n) is 4.11. The Morgan fingerprint density at radius 1 is 1.50 bits per heavy atom. The third kappa shape index (κ3) is 6.34. The average Bonchev–Trinajstić information content (AvgIpc) is 1.97. The van der Waals surface area contributed by atoms with E-state index in [1.165, 1.54) is 0 Å². The van der Waals surface area contributed by atoms with Crippen LogP contribution in [0.2, 0.25) is 0 Å². The maximum absolute atomic E-state index is 11.0.